The van der Waals surface area contributed by atoms with E-state index in [2.05, 4.69) is 5.32 Å². The van der Waals surface area contributed by atoms with E-state index < -0.39 is 0 Å². The first-order valence-corrected chi connectivity index (χ1v) is 6.30. The summed E-state index contributed by atoms with van der Waals surface area (Å²) in [5.74, 6) is 0.944. The standard InChI is InChI=1S/C13H15ClFN/c14-12-4-1-8(6-13(12)15)11-5-9(11)7-16-10-2-3-10/h1,4,6,9-11,16H,2-3,5,7H2. The molecule has 0 aromatic heterocycles. The van der Waals surface area contributed by atoms with Crippen molar-refractivity contribution in [2.75, 3.05) is 6.54 Å². The van der Waals surface area contributed by atoms with Gasteiger partial charge in [0, 0.05) is 6.04 Å². The molecule has 2 fully saturated rings. The van der Waals surface area contributed by atoms with Crippen LogP contribution in [0, 0.1) is 11.7 Å². The molecule has 3 rings (SSSR count). The zero-order chi connectivity index (χ0) is 11.1. The molecule has 0 spiro atoms. The van der Waals surface area contributed by atoms with Crippen LogP contribution in [0.5, 0.6) is 0 Å². The lowest BCUT2D eigenvalue weighted by molar-refractivity contribution is 0.615. The van der Waals surface area contributed by atoms with Gasteiger partial charge in [0.2, 0.25) is 0 Å². The van der Waals surface area contributed by atoms with E-state index in [1.807, 2.05) is 6.07 Å². The van der Waals surface area contributed by atoms with Crippen molar-refractivity contribution in [3.8, 4) is 0 Å². The van der Waals surface area contributed by atoms with E-state index in [0.717, 1.165) is 18.2 Å². The summed E-state index contributed by atoms with van der Waals surface area (Å²) < 4.78 is 13.3. The Morgan fingerprint density at radius 2 is 2.19 bits per heavy atom. The second-order valence-electron chi connectivity index (χ2n) is 4.96. The normalized spacial score (nSPS) is 28.1. The van der Waals surface area contributed by atoms with Crippen LogP contribution < -0.4 is 5.32 Å². The zero-order valence-corrected chi connectivity index (χ0v) is 9.80. The number of hydrogen-bond donors (Lipinski definition) is 1. The summed E-state index contributed by atoms with van der Waals surface area (Å²) in [7, 11) is 0. The molecule has 2 aliphatic rings. The monoisotopic (exact) mass is 239 g/mol. The lowest BCUT2D eigenvalue weighted by Gasteiger charge is -2.03. The van der Waals surface area contributed by atoms with Gasteiger partial charge in [-0.1, -0.05) is 17.7 Å². The first kappa shape index (κ1) is 10.5. The van der Waals surface area contributed by atoms with E-state index in [4.69, 9.17) is 11.6 Å². The number of rotatable bonds is 4. The first-order chi connectivity index (χ1) is 7.74. The third-order valence-electron chi connectivity index (χ3n) is 3.54. The fourth-order valence-electron chi connectivity index (χ4n) is 2.23. The van der Waals surface area contributed by atoms with Crippen LogP contribution in [0.25, 0.3) is 0 Å². The maximum atomic E-state index is 13.3. The summed E-state index contributed by atoms with van der Waals surface area (Å²) >= 11 is 5.67. The van der Waals surface area contributed by atoms with Crippen molar-refractivity contribution < 1.29 is 4.39 Å². The van der Waals surface area contributed by atoms with E-state index in [1.54, 1.807) is 12.1 Å². The summed E-state index contributed by atoms with van der Waals surface area (Å²) in [5, 5.41) is 3.74. The quantitative estimate of drug-likeness (QED) is 0.850. The van der Waals surface area contributed by atoms with Crippen LogP contribution in [0.3, 0.4) is 0 Å². The van der Waals surface area contributed by atoms with Crippen molar-refractivity contribution in [1.29, 1.82) is 0 Å². The second kappa shape index (κ2) is 4.01. The summed E-state index contributed by atoms with van der Waals surface area (Å²) in [5.41, 5.74) is 1.10. The molecule has 2 unspecified atom stereocenters. The van der Waals surface area contributed by atoms with Crippen molar-refractivity contribution >= 4 is 11.6 Å². The third-order valence-corrected chi connectivity index (χ3v) is 3.85. The average Bonchev–Trinajstić information content (AvgIpc) is 3.13. The van der Waals surface area contributed by atoms with Gasteiger partial charge in [-0.3, -0.25) is 0 Å². The highest BCUT2D eigenvalue weighted by Crippen LogP contribution is 2.47. The van der Waals surface area contributed by atoms with Crippen LogP contribution in [-0.4, -0.2) is 12.6 Å². The van der Waals surface area contributed by atoms with E-state index >= 15 is 0 Å². The lowest BCUT2D eigenvalue weighted by atomic mass is 10.1. The van der Waals surface area contributed by atoms with Gasteiger partial charge in [0.1, 0.15) is 5.82 Å². The molecule has 2 aliphatic carbocycles. The fraction of sp³-hybridized carbons (Fsp3) is 0.538. The molecule has 1 aromatic rings. The molecule has 0 heterocycles. The Morgan fingerprint density at radius 1 is 1.38 bits per heavy atom. The Bertz CT molecular complexity index is 403. The molecule has 0 aliphatic heterocycles. The van der Waals surface area contributed by atoms with Gasteiger partial charge < -0.3 is 5.32 Å². The van der Waals surface area contributed by atoms with Gasteiger partial charge in [-0.05, 0) is 55.3 Å². The Labute approximate surface area is 100.0 Å². The van der Waals surface area contributed by atoms with Crippen molar-refractivity contribution in [3.63, 3.8) is 0 Å². The summed E-state index contributed by atoms with van der Waals surface area (Å²) in [6.45, 7) is 1.08. The van der Waals surface area contributed by atoms with E-state index in [-0.39, 0.29) is 10.8 Å². The lowest BCUT2D eigenvalue weighted by Crippen LogP contribution is -2.19. The molecule has 0 radical (unpaired) electrons. The van der Waals surface area contributed by atoms with Gasteiger partial charge in [-0.15, -0.1) is 0 Å². The number of halogens is 2. The molecular formula is C13H15ClFN. The summed E-state index contributed by atoms with van der Waals surface area (Å²) in [4.78, 5) is 0. The van der Waals surface area contributed by atoms with Crippen LogP contribution in [0.1, 0.15) is 30.7 Å². The molecule has 0 amide bonds. The molecule has 2 atom stereocenters. The van der Waals surface area contributed by atoms with Crippen molar-refractivity contribution in [2.24, 2.45) is 5.92 Å². The van der Waals surface area contributed by atoms with Crippen molar-refractivity contribution in [1.82, 2.24) is 5.32 Å². The van der Waals surface area contributed by atoms with Gasteiger partial charge in [0.25, 0.3) is 0 Å². The molecule has 16 heavy (non-hydrogen) atoms. The molecule has 0 bridgehead atoms. The summed E-state index contributed by atoms with van der Waals surface area (Å²) in [6, 6.07) is 5.97. The minimum Gasteiger partial charge on any atom is -0.314 e. The van der Waals surface area contributed by atoms with E-state index in [0.29, 0.717) is 11.8 Å². The smallest absolute Gasteiger partial charge is 0.142 e. The molecule has 1 nitrogen and oxygen atoms in total. The maximum absolute atomic E-state index is 13.3. The fourth-order valence-corrected chi connectivity index (χ4v) is 2.35. The second-order valence-corrected chi connectivity index (χ2v) is 5.37. The molecule has 1 aromatic carbocycles. The topological polar surface area (TPSA) is 12.0 Å². The van der Waals surface area contributed by atoms with Gasteiger partial charge in [-0.25, -0.2) is 4.39 Å². The highest BCUT2D eigenvalue weighted by Gasteiger charge is 2.39. The Kier molecular flexibility index (Phi) is 2.64. The van der Waals surface area contributed by atoms with Gasteiger partial charge >= 0.3 is 0 Å². The van der Waals surface area contributed by atoms with Crippen LogP contribution >= 0.6 is 11.6 Å². The highest BCUT2D eigenvalue weighted by atomic mass is 35.5. The maximum Gasteiger partial charge on any atom is 0.142 e. The van der Waals surface area contributed by atoms with Crippen LogP contribution in [-0.2, 0) is 0 Å². The SMILES string of the molecule is Fc1cc(C2CC2CNC2CC2)ccc1Cl. The van der Waals surface area contributed by atoms with Crippen LogP contribution in [0.4, 0.5) is 4.39 Å². The predicted molar refractivity (Wildman–Crippen MR) is 63.3 cm³/mol. The molecule has 0 saturated heterocycles. The molecule has 2 saturated carbocycles. The van der Waals surface area contributed by atoms with Gasteiger partial charge in [0.15, 0.2) is 0 Å². The zero-order valence-electron chi connectivity index (χ0n) is 9.05. The molecule has 86 valence electrons. The number of hydrogen-bond acceptors (Lipinski definition) is 1. The van der Waals surface area contributed by atoms with E-state index in [9.17, 15) is 4.39 Å². The minimum atomic E-state index is -0.292. The third kappa shape index (κ3) is 2.23. The molecular weight excluding hydrogens is 225 g/mol. The largest absolute Gasteiger partial charge is 0.314 e. The van der Waals surface area contributed by atoms with Crippen LogP contribution in [0.2, 0.25) is 5.02 Å². The van der Waals surface area contributed by atoms with Crippen molar-refractivity contribution in [3.05, 3.63) is 34.6 Å². The predicted octanol–water partition coefficient (Wildman–Crippen LogP) is 3.33. The van der Waals surface area contributed by atoms with Gasteiger partial charge in [-0.2, -0.15) is 0 Å². The Hall–Kier alpha value is -0.600. The Morgan fingerprint density at radius 3 is 2.88 bits per heavy atom. The molecule has 1 N–H and O–H groups in total. The average molecular weight is 240 g/mol. The van der Waals surface area contributed by atoms with Gasteiger partial charge in [0.05, 0.1) is 5.02 Å². The number of nitrogens with one attached hydrogen (secondary N) is 1. The highest BCUT2D eigenvalue weighted by molar-refractivity contribution is 6.30. The molecule has 3 heteroatoms. The van der Waals surface area contributed by atoms with E-state index in [1.165, 1.54) is 19.3 Å². The minimum absolute atomic E-state index is 0.219. The van der Waals surface area contributed by atoms with Crippen molar-refractivity contribution in [2.45, 2.75) is 31.2 Å². The van der Waals surface area contributed by atoms with Crippen LogP contribution in [0.15, 0.2) is 18.2 Å². The Balaban J connectivity index is 1.59. The number of benzene rings is 1. The first-order valence-electron chi connectivity index (χ1n) is 5.92. The summed E-state index contributed by atoms with van der Waals surface area (Å²) in [6.07, 6.45) is 3.83.